The van der Waals surface area contributed by atoms with E-state index in [9.17, 15) is 19.2 Å². The van der Waals surface area contributed by atoms with Gasteiger partial charge < -0.3 is 14.5 Å². The summed E-state index contributed by atoms with van der Waals surface area (Å²) in [5.41, 5.74) is 1.77. The lowest BCUT2D eigenvalue weighted by atomic mass is 10.0. The van der Waals surface area contributed by atoms with E-state index in [4.69, 9.17) is 4.74 Å². The predicted octanol–water partition coefficient (Wildman–Crippen LogP) is -0.0800. The summed E-state index contributed by atoms with van der Waals surface area (Å²) >= 11 is 0. The van der Waals surface area contributed by atoms with Crippen LogP contribution in [0.1, 0.15) is 39.1 Å². The van der Waals surface area contributed by atoms with E-state index in [-0.39, 0.29) is 30.7 Å². The molecule has 0 bridgehead atoms. The van der Waals surface area contributed by atoms with Crippen molar-refractivity contribution in [1.29, 1.82) is 0 Å². The summed E-state index contributed by atoms with van der Waals surface area (Å²) in [7, 11) is 0. The first-order valence-electron chi connectivity index (χ1n) is 8.69. The van der Waals surface area contributed by atoms with Crippen LogP contribution in [-0.4, -0.2) is 65.8 Å². The molecule has 1 atom stereocenters. The molecule has 8 heteroatoms. The van der Waals surface area contributed by atoms with Crippen molar-refractivity contribution in [3.05, 3.63) is 34.9 Å². The molecule has 1 aromatic carbocycles. The second kappa shape index (κ2) is 6.53. The van der Waals surface area contributed by atoms with E-state index in [0.717, 1.165) is 5.56 Å². The highest BCUT2D eigenvalue weighted by Crippen LogP contribution is 2.28. The average molecular weight is 357 g/mol. The van der Waals surface area contributed by atoms with Crippen LogP contribution in [0.4, 0.5) is 0 Å². The number of ether oxygens (including phenoxy) is 1. The molecule has 3 aliphatic rings. The van der Waals surface area contributed by atoms with Crippen LogP contribution in [-0.2, 0) is 20.9 Å². The van der Waals surface area contributed by atoms with Crippen LogP contribution < -0.4 is 5.32 Å². The zero-order valence-corrected chi connectivity index (χ0v) is 14.2. The number of carbonyl (C=O) groups excluding carboxylic acids is 4. The molecule has 2 saturated heterocycles. The molecule has 0 saturated carbocycles. The summed E-state index contributed by atoms with van der Waals surface area (Å²) in [5.74, 6) is -1.07. The van der Waals surface area contributed by atoms with Crippen molar-refractivity contribution in [1.82, 2.24) is 15.1 Å². The summed E-state index contributed by atoms with van der Waals surface area (Å²) in [6.07, 6.45) is 0.543. The van der Waals surface area contributed by atoms with Crippen molar-refractivity contribution in [3.8, 4) is 0 Å². The van der Waals surface area contributed by atoms with Gasteiger partial charge in [-0.05, 0) is 30.2 Å². The normalized spacial score (nSPS) is 23.1. The summed E-state index contributed by atoms with van der Waals surface area (Å²) in [6, 6.07) is 4.39. The lowest BCUT2D eigenvalue weighted by molar-refractivity contribution is -0.136. The van der Waals surface area contributed by atoms with Gasteiger partial charge in [0.2, 0.25) is 11.8 Å². The molecule has 0 radical (unpaired) electrons. The SMILES string of the molecule is O=C1CCC(N2Cc3cc(C(=O)N4CCOCC4)ccc3C2=O)C(=O)N1. The first kappa shape index (κ1) is 16.7. The molecule has 4 amide bonds. The van der Waals surface area contributed by atoms with Crippen LogP contribution in [0, 0.1) is 0 Å². The number of hydrogen-bond donors (Lipinski definition) is 1. The molecule has 3 aliphatic heterocycles. The Morgan fingerprint density at radius 2 is 1.92 bits per heavy atom. The van der Waals surface area contributed by atoms with Crippen molar-refractivity contribution < 1.29 is 23.9 Å². The summed E-state index contributed by atoms with van der Waals surface area (Å²) in [4.78, 5) is 51.9. The number of rotatable bonds is 2. The summed E-state index contributed by atoms with van der Waals surface area (Å²) < 4.78 is 5.27. The Bertz CT molecular complexity index is 800. The largest absolute Gasteiger partial charge is 0.378 e. The fourth-order valence-corrected chi connectivity index (χ4v) is 3.66. The van der Waals surface area contributed by atoms with Crippen LogP contribution >= 0.6 is 0 Å². The summed E-state index contributed by atoms with van der Waals surface area (Å²) in [6.45, 7) is 2.43. The van der Waals surface area contributed by atoms with Crippen molar-refractivity contribution in [3.63, 3.8) is 0 Å². The second-order valence-electron chi connectivity index (χ2n) is 6.68. The molecule has 1 aromatic rings. The van der Waals surface area contributed by atoms with Gasteiger partial charge in [0.05, 0.1) is 13.2 Å². The molecule has 26 heavy (non-hydrogen) atoms. The third kappa shape index (κ3) is 2.86. The van der Waals surface area contributed by atoms with Gasteiger partial charge in [0.15, 0.2) is 0 Å². The molecule has 0 aromatic heterocycles. The number of imide groups is 1. The maximum atomic E-state index is 12.7. The van der Waals surface area contributed by atoms with Gasteiger partial charge in [-0.2, -0.15) is 0 Å². The highest BCUT2D eigenvalue weighted by atomic mass is 16.5. The molecule has 2 fully saturated rings. The Hall–Kier alpha value is -2.74. The highest BCUT2D eigenvalue weighted by molar-refractivity contribution is 6.06. The number of nitrogens with one attached hydrogen (secondary N) is 1. The number of carbonyl (C=O) groups is 4. The van der Waals surface area contributed by atoms with Gasteiger partial charge in [-0.3, -0.25) is 24.5 Å². The average Bonchev–Trinajstić information content (AvgIpc) is 2.98. The van der Waals surface area contributed by atoms with Gasteiger partial charge in [0.1, 0.15) is 6.04 Å². The third-order valence-corrected chi connectivity index (χ3v) is 5.07. The Kier molecular flexibility index (Phi) is 4.20. The molecule has 3 heterocycles. The van der Waals surface area contributed by atoms with Crippen LogP contribution in [0.5, 0.6) is 0 Å². The van der Waals surface area contributed by atoms with Gasteiger partial charge in [-0.25, -0.2) is 0 Å². The predicted molar refractivity (Wildman–Crippen MR) is 89.2 cm³/mol. The standard InChI is InChI=1S/C18H19N3O5/c22-15-4-3-14(16(23)19-15)21-10-12-9-11(1-2-13(12)18(21)25)17(24)20-5-7-26-8-6-20/h1-2,9,14H,3-8,10H2,(H,19,22,23). The minimum atomic E-state index is -0.647. The number of amides is 4. The van der Waals surface area contributed by atoms with E-state index < -0.39 is 11.9 Å². The van der Waals surface area contributed by atoms with E-state index in [1.807, 2.05) is 0 Å². The number of piperidine rings is 1. The van der Waals surface area contributed by atoms with Crippen molar-refractivity contribution in [2.75, 3.05) is 26.3 Å². The zero-order valence-electron chi connectivity index (χ0n) is 14.2. The Morgan fingerprint density at radius 3 is 2.65 bits per heavy atom. The van der Waals surface area contributed by atoms with Crippen molar-refractivity contribution in [2.45, 2.75) is 25.4 Å². The van der Waals surface area contributed by atoms with Crippen LogP contribution in [0.25, 0.3) is 0 Å². The number of fused-ring (bicyclic) bond motifs is 1. The lowest BCUT2D eigenvalue weighted by Gasteiger charge is -2.29. The van der Waals surface area contributed by atoms with Crippen molar-refractivity contribution in [2.24, 2.45) is 0 Å². The molecule has 4 rings (SSSR count). The van der Waals surface area contributed by atoms with Gasteiger partial charge in [0, 0.05) is 37.2 Å². The molecule has 1 unspecified atom stereocenters. The monoisotopic (exact) mass is 357 g/mol. The second-order valence-corrected chi connectivity index (χ2v) is 6.68. The van der Waals surface area contributed by atoms with Gasteiger partial charge in [-0.15, -0.1) is 0 Å². The third-order valence-electron chi connectivity index (χ3n) is 5.07. The number of benzene rings is 1. The first-order valence-corrected chi connectivity index (χ1v) is 8.69. The first-order chi connectivity index (χ1) is 12.5. The maximum absolute atomic E-state index is 12.7. The van der Waals surface area contributed by atoms with Crippen molar-refractivity contribution >= 4 is 23.6 Å². The van der Waals surface area contributed by atoms with E-state index in [2.05, 4.69) is 5.32 Å². The van der Waals surface area contributed by atoms with E-state index >= 15 is 0 Å². The summed E-state index contributed by atoms with van der Waals surface area (Å²) in [5, 5.41) is 2.28. The molecule has 0 aliphatic carbocycles. The quantitative estimate of drug-likeness (QED) is 0.747. The molecular weight excluding hydrogens is 338 g/mol. The van der Waals surface area contributed by atoms with Crippen LogP contribution in [0.15, 0.2) is 18.2 Å². The highest BCUT2D eigenvalue weighted by Gasteiger charge is 2.39. The van der Waals surface area contributed by atoms with Gasteiger partial charge in [0.25, 0.3) is 11.8 Å². The molecule has 8 nitrogen and oxygen atoms in total. The fraction of sp³-hybridized carbons (Fsp3) is 0.444. The Labute approximate surface area is 150 Å². The maximum Gasteiger partial charge on any atom is 0.255 e. The molecule has 1 N–H and O–H groups in total. The minimum Gasteiger partial charge on any atom is -0.378 e. The molecular formula is C18H19N3O5. The van der Waals surface area contributed by atoms with Crippen LogP contribution in [0.3, 0.4) is 0 Å². The topological polar surface area (TPSA) is 96.0 Å². The molecule has 136 valence electrons. The minimum absolute atomic E-state index is 0.0806. The fourth-order valence-electron chi connectivity index (χ4n) is 3.66. The Balaban J connectivity index is 1.54. The zero-order chi connectivity index (χ0) is 18.3. The van der Waals surface area contributed by atoms with E-state index in [1.54, 1.807) is 23.1 Å². The van der Waals surface area contributed by atoms with Crippen LogP contribution in [0.2, 0.25) is 0 Å². The Morgan fingerprint density at radius 1 is 1.15 bits per heavy atom. The number of morpholine rings is 1. The van der Waals surface area contributed by atoms with E-state index in [1.165, 1.54) is 4.90 Å². The van der Waals surface area contributed by atoms with Gasteiger partial charge in [-0.1, -0.05) is 0 Å². The molecule has 0 spiro atoms. The number of nitrogens with zero attached hydrogens (tertiary/aromatic N) is 2. The smallest absolute Gasteiger partial charge is 0.255 e. The lowest BCUT2D eigenvalue weighted by Crippen LogP contribution is -2.52. The van der Waals surface area contributed by atoms with Gasteiger partial charge >= 0.3 is 0 Å². The number of hydrogen-bond acceptors (Lipinski definition) is 5. The van der Waals surface area contributed by atoms with E-state index in [0.29, 0.717) is 43.9 Å².